The minimum absolute atomic E-state index is 0.311. The van der Waals surface area contributed by atoms with Gasteiger partial charge in [-0.1, -0.05) is 23.2 Å². The number of fused-ring (bicyclic) bond motifs is 1. The summed E-state index contributed by atoms with van der Waals surface area (Å²) < 4.78 is 20.8. The lowest BCUT2D eigenvalue weighted by atomic mass is 10.1. The predicted molar refractivity (Wildman–Crippen MR) is 126 cm³/mol. The quantitative estimate of drug-likeness (QED) is 0.366. The Bertz CT molecular complexity index is 1290. The number of rotatable bonds is 5. The van der Waals surface area contributed by atoms with E-state index in [9.17, 15) is 4.39 Å². The van der Waals surface area contributed by atoms with Crippen molar-refractivity contribution in [2.75, 3.05) is 31.1 Å². The monoisotopic (exact) mass is 487 g/mol. The molecule has 0 saturated carbocycles. The summed E-state index contributed by atoms with van der Waals surface area (Å²) in [6.07, 6.45) is 3.63. The third kappa shape index (κ3) is 4.32. The van der Waals surface area contributed by atoms with Crippen molar-refractivity contribution in [3.05, 3.63) is 64.3 Å². The zero-order chi connectivity index (χ0) is 22.9. The Morgan fingerprint density at radius 3 is 2.58 bits per heavy atom. The van der Waals surface area contributed by atoms with Crippen molar-refractivity contribution in [1.29, 1.82) is 0 Å². The number of H-pyrrole nitrogens is 1. The molecular weight excluding hydrogens is 468 g/mol. The van der Waals surface area contributed by atoms with Gasteiger partial charge in [-0.25, -0.2) is 9.37 Å². The minimum Gasteiger partial charge on any atom is -0.471 e. The smallest absolute Gasteiger partial charge is 0.177 e. The van der Waals surface area contributed by atoms with Crippen LogP contribution in [0.3, 0.4) is 0 Å². The maximum absolute atomic E-state index is 14.9. The first-order valence-electron chi connectivity index (χ1n) is 10.3. The molecule has 1 aliphatic heterocycles. The molecule has 0 amide bonds. The first-order valence-corrected chi connectivity index (χ1v) is 11.1. The van der Waals surface area contributed by atoms with E-state index in [1.807, 2.05) is 11.0 Å². The number of nitrogens with one attached hydrogen (secondary N) is 2. The number of hydrogen-bond acceptors (Lipinski definition) is 7. The summed E-state index contributed by atoms with van der Waals surface area (Å²) in [6, 6.07) is 6.79. The third-order valence-corrected chi connectivity index (χ3v) is 6.09. The number of aromatic nitrogens is 4. The number of nitrogens with zero attached hydrogens (tertiary/aromatic N) is 4. The summed E-state index contributed by atoms with van der Waals surface area (Å²) in [6.45, 7) is 3.02. The van der Waals surface area contributed by atoms with Crippen LogP contribution in [0.15, 0.2) is 42.9 Å². The first kappa shape index (κ1) is 21.8. The number of piperazine rings is 1. The highest BCUT2D eigenvalue weighted by atomic mass is 35.5. The Morgan fingerprint density at radius 2 is 1.85 bits per heavy atom. The van der Waals surface area contributed by atoms with Gasteiger partial charge in [-0.05, 0) is 24.3 Å². The molecule has 8 nitrogen and oxygen atoms in total. The largest absolute Gasteiger partial charge is 0.471 e. The van der Waals surface area contributed by atoms with Gasteiger partial charge in [-0.2, -0.15) is 5.10 Å². The molecule has 1 atom stereocenters. The summed E-state index contributed by atoms with van der Waals surface area (Å²) in [4.78, 5) is 10.2. The summed E-state index contributed by atoms with van der Waals surface area (Å²) in [5.74, 6) is 0.440. The Morgan fingerprint density at radius 1 is 1.09 bits per heavy atom. The van der Waals surface area contributed by atoms with E-state index in [0.717, 1.165) is 24.0 Å². The fraction of sp³-hybridized carbons (Fsp3) is 0.227. The number of aromatic amines is 1. The SMILES string of the molecule is N[C@@H](Oc1ccc2[nH]nc(-c3cnc(N4CCNCC4)c(F)c3)c2c1)c1c(Cl)cncc1Cl. The molecule has 170 valence electrons. The molecule has 4 heterocycles. The molecule has 1 aromatic carbocycles. The number of hydrogen-bond donors (Lipinski definition) is 3. The van der Waals surface area contributed by atoms with Crippen LogP contribution in [0.25, 0.3) is 22.2 Å². The highest BCUT2D eigenvalue weighted by Gasteiger charge is 2.20. The van der Waals surface area contributed by atoms with Crippen LogP contribution in [0, 0.1) is 5.82 Å². The molecule has 4 N–H and O–H groups in total. The molecule has 0 bridgehead atoms. The second-order valence-corrected chi connectivity index (χ2v) is 8.42. The maximum Gasteiger partial charge on any atom is 0.177 e. The van der Waals surface area contributed by atoms with Crippen molar-refractivity contribution in [2.45, 2.75) is 6.23 Å². The van der Waals surface area contributed by atoms with E-state index >= 15 is 0 Å². The average Bonchev–Trinajstić information content (AvgIpc) is 3.23. The van der Waals surface area contributed by atoms with Crippen LogP contribution in [0.4, 0.5) is 10.2 Å². The van der Waals surface area contributed by atoms with Gasteiger partial charge in [0.25, 0.3) is 0 Å². The van der Waals surface area contributed by atoms with Gasteiger partial charge in [0.05, 0.1) is 15.6 Å². The van der Waals surface area contributed by atoms with Gasteiger partial charge >= 0.3 is 0 Å². The zero-order valence-corrected chi connectivity index (χ0v) is 18.9. The lowest BCUT2D eigenvalue weighted by Gasteiger charge is -2.28. The number of anilines is 1. The Labute approximate surface area is 198 Å². The Balaban J connectivity index is 1.44. The van der Waals surface area contributed by atoms with Gasteiger partial charge < -0.3 is 15.0 Å². The van der Waals surface area contributed by atoms with Crippen LogP contribution in [0.2, 0.25) is 10.0 Å². The summed E-state index contributed by atoms with van der Waals surface area (Å²) in [5.41, 5.74) is 8.51. The van der Waals surface area contributed by atoms with Crippen LogP contribution in [0.1, 0.15) is 11.8 Å². The second-order valence-electron chi connectivity index (χ2n) is 7.60. The molecule has 0 aliphatic carbocycles. The fourth-order valence-corrected chi connectivity index (χ4v) is 4.43. The molecule has 1 saturated heterocycles. The van der Waals surface area contributed by atoms with E-state index in [0.29, 0.717) is 51.5 Å². The highest BCUT2D eigenvalue weighted by molar-refractivity contribution is 6.35. The maximum atomic E-state index is 14.9. The normalized spacial score (nSPS) is 15.1. The molecule has 1 fully saturated rings. The van der Waals surface area contributed by atoms with E-state index in [1.165, 1.54) is 18.5 Å². The van der Waals surface area contributed by atoms with E-state index in [2.05, 4.69) is 25.5 Å². The predicted octanol–water partition coefficient (Wildman–Crippen LogP) is 3.91. The van der Waals surface area contributed by atoms with E-state index in [-0.39, 0.29) is 5.82 Å². The highest BCUT2D eigenvalue weighted by Crippen LogP contribution is 2.34. The lowest BCUT2D eigenvalue weighted by molar-refractivity contribution is 0.214. The Kier molecular flexibility index (Phi) is 6.03. The molecule has 0 spiro atoms. The molecule has 1 aliphatic rings. The van der Waals surface area contributed by atoms with Crippen molar-refractivity contribution < 1.29 is 9.13 Å². The molecule has 33 heavy (non-hydrogen) atoms. The van der Waals surface area contributed by atoms with E-state index in [4.69, 9.17) is 33.7 Å². The second kappa shape index (κ2) is 9.11. The van der Waals surface area contributed by atoms with Gasteiger partial charge in [0.15, 0.2) is 17.9 Å². The summed E-state index contributed by atoms with van der Waals surface area (Å²) in [7, 11) is 0. The van der Waals surface area contributed by atoms with Gasteiger partial charge in [-0.3, -0.25) is 15.8 Å². The van der Waals surface area contributed by atoms with Crippen molar-refractivity contribution >= 4 is 39.9 Å². The van der Waals surface area contributed by atoms with E-state index < -0.39 is 6.23 Å². The lowest BCUT2D eigenvalue weighted by Crippen LogP contribution is -2.44. The zero-order valence-electron chi connectivity index (χ0n) is 17.4. The molecule has 0 unspecified atom stereocenters. The van der Waals surface area contributed by atoms with Crippen LogP contribution in [-0.4, -0.2) is 46.3 Å². The average molecular weight is 488 g/mol. The van der Waals surface area contributed by atoms with Gasteiger partial charge in [0, 0.05) is 61.3 Å². The molecule has 4 aromatic rings. The van der Waals surface area contributed by atoms with Gasteiger partial charge in [0.1, 0.15) is 11.4 Å². The van der Waals surface area contributed by atoms with Crippen LogP contribution in [-0.2, 0) is 0 Å². The van der Waals surface area contributed by atoms with E-state index in [1.54, 1.807) is 18.3 Å². The molecule has 11 heteroatoms. The van der Waals surface area contributed by atoms with Crippen molar-refractivity contribution in [1.82, 2.24) is 25.5 Å². The van der Waals surface area contributed by atoms with Crippen LogP contribution >= 0.6 is 23.2 Å². The summed E-state index contributed by atoms with van der Waals surface area (Å²) >= 11 is 12.4. The van der Waals surface area contributed by atoms with Crippen molar-refractivity contribution in [3.8, 4) is 17.0 Å². The molecule has 0 radical (unpaired) electrons. The molecular formula is C22H20Cl2FN7O. The first-order chi connectivity index (χ1) is 16.0. The number of benzene rings is 1. The van der Waals surface area contributed by atoms with Crippen LogP contribution < -0.4 is 20.7 Å². The van der Waals surface area contributed by atoms with Crippen LogP contribution in [0.5, 0.6) is 5.75 Å². The van der Waals surface area contributed by atoms with Crippen molar-refractivity contribution in [2.24, 2.45) is 5.73 Å². The number of halogens is 3. The molecule has 3 aromatic heterocycles. The summed E-state index contributed by atoms with van der Waals surface area (Å²) in [5, 5.41) is 11.9. The number of nitrogens with two attached hydrogens (primary N) is 1. The molecule has 5 rings (SSSR count). The Hall–Kier alpha value is -2.98. The number of pyridine rings is 2. The van der Waals surface area contributed by atoms with Gasteiger partial charge in [0.2, 0.25) is 0 Å². The standard InChI is InChI=1S/C22H20Cl2FN7O/c23-15-10-28-11-16(24)19(15)21(26)33-13-1-2-18-14(8-13)20(31-30-18)12-7-17(25)22(29-9-12)32-5-3-27-4-6-32/h1-2,7-11,21,27H,3-6,26H2,(H,30,31)/t21-/m0/s1. The third-order valence-electron chi connectivity index (χ3n) is 5.48. The van der Waals surface area contributed by atoms with Gasteiger partial charge in [-0.15, -0.1) is 0 Å². The number of ether oxygens (including phenoxy) is 1. The fourth-order valence-electron chi connectivity index (χ4n) is 3.85. The minimum atomic E-state index is -0.904. The van der Waals surface area contributed by atoms with Crippen molar-refractivity contribution in [3.63, 3.8) is 0 Å². The topological polar surface area (TPSA) is 105 Å².